The average molecular weight is 328 g/mol. The Morgan fingerprint density at radius 3 is 2.47 bits per heavy atom. The molecular weight excluding hydrogens is 320 g/mol. The molecule has 0 saturated heterocycles. The van der Waals surface area contributed by atoms with Gasteiger partial charge in [-0.25, -0.2) is 0 Å². The minimum absolute atomic E-state index is 0.0742. The minimum atomic E-state index is -2.94. The summed E-state index contributed by atoms with van der Waals surface area (Å²) in [5.74, 6) is -0.357. The fourth-order valence-electron chi connectivity index (χ4n) is 1.50. The molecule has 6 heteroatoms. The highest BCUT2D eigenvalue weighted by Crippen LogP contribution is 2.28. The number of pyridine rings is 1. The Hall–Kier alpha value is -1.82. The Balaban J connectivity index is 2.33. The number of ether oxygens (including phenoxy) is 1. The van der Waals surface area contributed by atoms with E-state index in [-0.39, 0.29) is 17.1 Å². The van der Waals surface area contributed by atoms with E-state index in [0.717, 1.165) is 0 Å². The maximum absolute atomic E-state index is 12.2. The molecule has 0 radical (unpaired) electrons. The second-order valence-corrected chi connectivity index (χ2v) is 4.44. The zero-order valence-corrected chi connectivity index (χ0v) is 11.1. The normalized spacial score (nSPS) is 10.5. The molecule has 0 unspecified atom stereocenters. The monoisotopic (exact) mass is 327 g/mol. The van der Waals surface area contributed by atoms with Gasteiger partial charge in [-0.1, -0.05) is 0 Å². The van der Waals surface area contributed by atoms with Crippen LogP contribution in [-0.4, -0.2) is 17.4 Å². The number of rotatable bonds is 4. The third-order valence-corrected chi connectivity index (χ3v) is 3.01. The van der Waals surface area contributed by atoms with E-state index in [0.29, 0.717) is 10.0 Å². The van der Waals surface area contributed by atoms with Crippen molar-refractivity contribution in [2.24, 2.45) is 0 Å². The van der Waals surface area contributed by atoms with Crippen molar-refractivity contribution in [1.29, 1.82) is 0 Å². The predicted octanol–water partition coefficient (Wildman–Crippen LogP) is 3.68. The molecule has 0 aliphatic carbocycles. The van der Waals surface area contributed by atoms with Gasteiger partial charge in [0.25, 0.3) is 0 Å². The lowest BCUT2D eigenvalue weighted by molar-refractivity contribution is -0.0503. The minimum Gasteiger partial charge on any atom is -0.434 e. The lowest BCUT2D eigenvalue weighted by Gasteiger charge is -2.08. The van der Waals surface area contributed by atoms with Crippen LogP contribution >= 0.6 is 15.9 Å². The van der Waals surface area contributed by atoms with Crippen LogP contribution in [0.15, 0.2) is 47.2 Å². The Labute approximate surface area is 116 Å². The van der Waals surface area contributed by atoms with Gasteiger partial charge in [-0.2, -0.15) is 8.78 Å². The molecule has 19 heavy (non-hydrogen) atoms. The van der Waals surface area contributed by atoms with Gasteiger partial charge in [-0.05, 0) is 46.3 Å². The lowest BCUT2D eigenvalue weighted by Crippen LogP contribution is -2.05. The first-order chi connectivity index (χ1) is 9.08. The second kappa shape index (κ2) is 5.88. The molecule has 2 aromatic rings. The van der Waals surface area contributed by atoms with Crippen molar-refractivity contribution in [3.63, 3.8) is 0 Å². The van der Waals surface area contributed by atoms with Crippen LogP contribution in [0.25, 0.3) is 0 Å². The first-order valence-corrected chi connectivity index (χ1v) is 6.06. The largest absolute Gasteiger partial charge is 0.434 e. The van der Waals surface area contributed by atoms with Gasteiger partial charge in [-0.3, -0.25) is 9.78 Å². The predicted molar refractivity (Wildman–Crippen MR) is 68.4 cm³/mol. The van der Waals surface area contributed by atoms with E-state index in [2.05, 4.69) is 25.7 Å². The molecule has 3 nitrogen and oxygen atoms in total. The van der Waals surface area contributed by atoms with E-state index in [4.69, 9.17) is 0 Å². The zero-order chi connectivity index (χ0) is 13.8. The van der Waals surface area contributed by atoms with E-state index in [1.165, 1.54) is 30.6 Å². The van der Waals surface area contributed by atoms with Gasteiger partial charge in [0.2, 0.25) is 0 Å². The molecule has 0 aliphatic rings. The summed E-state index contributed by atoms with van der Waals surface area (Å²) in [7, 11) is 0. The fourth-order valence-corrected chi connectivity index (χ4v) is 1.84. The van der Waals surface area contributed by atoms with Crippen molar-refractivity contribution >= 4 is 21.7 Å². The number of nitrogens with zero attached hydrogens (tertiary/aromatic N) is 1. The van der Waals surface area contributed by atoms with Crippen LogP contribution in [0.4, 0.5) is 8.78 Å². The van der Waals surface area contributed by atoms with Crippen molar-refractivity contribution in [1.82, 2.24) is 4.98 Å². The van der Waals surface area contributed by atoms with Gasteiger partial charge in [-0.15, -0.1) is 0 Å². The summed E-state index contributed by atoms with van der Waals surface area (Å²) in [6, 6.07) is 7.41. The van der Waals surface area contributed by atoms with Gasteiger partial charge in [0.1, 0.15) is 5.75 Å². The number of benzene rings is 1. The second-order valence-electron chi connectivity index (χ2n) is 3.59. The molecule has 0 amide bonds. The standard InChI is InChI=1S/C13H8BrF2NO2/c14-10-2-1-9(7-11(10)19-13(15)16)12(18)8-3-5-17-6-4-8/h1-7,13H. The molecule has 0 fully saturated rings. The van der Waals surface area contributed by atoms with Crippen molar-refractivity contribution < 1.29 is 18.3 Å². The quantitative estimate of drug-likeness (QED) is 0.804. The van der Waals surface area contributed by atoms with Gasteiger partial charge >= 0.3 is 6.61 Å². The van der Waals surface area contributed by atoms with Crippen molar-refractivity contribution in [3.8, 4) is 5.75 Å². The summed E-state index contributed by atoms with van der Waals surface area (Å²) in [6.45, 7) is -2.94. The van der Waals surface area contributed by atoms with Crippen LogP contribution < -0.4 is 4.74 Å². The van der Waals surface area contributed by atoms with Crippen LogP contribution in [0.5, 0.6) is 5.75 Å². The Bertz CT molecular complexity index is 590. The summed E-state index contributed by atoms with van der Waals surface area (Å²) in [6.07, 6.45) is 2.98. The molecule has 1 heterocycles. The van der Waals surface area contributed by atoms with Gasteiger partial charge < -0.3 is 4.74 Å². The summed E-state index contributed by atoms with van der Waals surface area (Å²) < 4.78 is 29.1. The van der Waals surface area contributed by atoms with Gasteiger partial charge in [0.15, 0.2) is 5.78 Å². The SMILES string of the molecule is O=C(c1ccncc1)c1ccc(Br)c(OC(F)F)c1. The van der Waals surface area contributed by atoms with Crippen LogP contribution in [0.2, 0.25) is 0 Å². The highest BCUT2D eigenvalue weighted by Gasteiger charge is 2.14. The Kier molecular flexibility index (Phi) is 4.21. The molecule has 98 valence electrons. The van der Waals surface area contributed by atoms with Crippen LogP contribution in [0, 0.1) is 0 Å². The number of carbonyl (C=O) groups is 1. The highest BCUT2D eigenvalue weighted by molar-refractivity contribution is 9.10. The molecule has 1 aromatic carbocycles. The maximum Gasteiger partial charge on any atom is 0.387 e. The highest BCUT2D eigenvalue weighted by atomic mass is 79.9. The third kappa shape index (κ3) is 3.35. The van der Waals surface area contributed by atoms with Crippen LogP contribution in [-0.2, 0) is 0 Å². The number of alkyl halides is 2. The molecule has 1 aromatic heterocycles. The first kappa shape index (κ1) is 13.6. The molecule has 0 bridgehead atoms. The summed E-state index contributed by atoms with van der Waals surface area (Å²) >= 11 is 3.08. The van der Waals surface area contributed by atoms with E-state index >= 15 is 0 Å². The number of carbonyl (C=O) groups excluding carboxylic acids is 1. The molecule has 0 aliphatic heterocycles. The van der Waals surface area contributed by atoms with Gasteiger partial charge in [0.05, 0.1) is 4.47 Å². The molecule has 0 atom stereocenters. The number of hydrogen-bond acceptors (Lipinski definition) is 3. The molecular formula is C13H8BrF2NO2. The number of aromatic nitrogens is 1. The van der Waals surface area contributed by atoms with E-state index in [1.807, 2.05) is 0 Å². The van der Waals surface area contributed by atoms with Crippen molar-refractivity contribution in [2.75, 3.05) is 0 Å². The van der Waals surface area contributed by atoms with Crippen LogP contribution in [0.1, 0.15) is 15.9 Å². The number of halogens is 3. The third-order valence-electron chi connectivity index (χ3n) is 2.35. The number of hydrogen-bond donors (Lipinski definition) is 0. The fraction of sp³-hybridized carbons (Fsp3) is 0.0769. The average Bonchev–Trinajstić information content (AvgIpc) is 2.41. The Morgan fingerprint density at radius 2 is 1.84 bits per heavy atom. The molecule has 2 rings (SSSR count). The van der Waals surface area contributed by atoms with E-state index < -0.39 is 6.61 Å². The van der Waals surface area contributed by atoms with Crippen molar-refractivity contribution in [2.45, 2.75) is 6.61 Å². The summed E-state index contributed by atoms with van der Waals surface area (Å²) in [5, 5.41) is 0. The summed E-state index contributed by atoms with van der Waals surface area (Å²) in [4.78, 5) is 15.9. The van der Waals surface area contributed by atoms with Crippen LogP contribution in [0.3, 0.4) is 0 Å². The smallest absolute Gasteiger partial charge is 0.387 e. The summed E-state index contributed by atoms with van der Waals surface area (Å²) in [5.41, 5.74) is 0.699. The molecule has 0 N–H and O–H groups in total. The lowest BCUT2D eigenvalue weighted by atomic mass is 10.0. The zero-order valence-electron chi connectivity index (χ0n) is 9.52. The van der Waals surface area contributed by atoms with Gasteiger partial charge in [0, 0.05) is 23.5 Å². The molecule has 0 spiro atoms. The van der Waals surface area contributed by atoms with E-state index in [9.17, 15) is 13.6 Å². The van der Waals surface area contributed by atoms with E-state index in [1.54, 1.807) is 12.1 Å². The maximum atomic E-state index is 12.2. The first-order valence-electron chi connectivity index (χ1n) is 5.27. The topological polar surface area (TPSA) is 39.2 Å². The Morgan fingerprint density at radius 1 is 1.16 bits per heavy atom. The molecule has 0 saturated carbocycles. The van der Waals surface area contributed by atoms with Crippen molar-refractivity contribution in [3.05, 3.63) is 58.3 Å². The number of ketones is 1.